The van der Waals surface area contributed by atoms with E-state index in [1.165, 1.54) is 0 Å². The average Bonchev–Trinajstić information content (AvgIpc) is 2.73. The minimum atomic E-state index is -0.876. The van der Waals surface area contributed by atoms with Gasteiger partial charge in [-0.05, 0) is 13.0 Å². The molecule has 1 saturated heterocycles. The Morgan fingerprint density at radius 3 is 2.30 bits per heavy atom. The maximum Gasteiger partial charge on any atom is 0.436 e. The van der Waals surface area contributed by atoms with Crippen LogP contribution in [0.1, 0.15) is 33.6 Å². The number of rotatable bonds is 4. The normalized spacial score (nSPS) is 14.9. The second-order valence-corrected chi connectivity index (χ2v) is 3.56. The third-order valence-corrected chi connectivity index (χ3v) is 2.07. The van der Waals surface area contributed by atoms with Gasteiger partial charge in [-0.1, -0.05) is 38.7 Å². The maximum absolute atomic E-state index is 11.4. The molecule has 6 nitrogen and oxygen atoms in total. The quantitative estimate of drug-likeness (QED) is 0.634. The van der Waals surface area contributed by atoms with Crippen LogP contribution < -0.4 is 5.32 Å². The number of nitrogens with one attached hydrogen (secondary N) is 1. The van der Waals surface area contributed by atoms with Gasteiger partial charge in [0.25, 0.3) is 11.8 Å². The molecule has 1 heterocycles. The van der Waals surface area contributed by atoms with Crippen molar-refractivity contribution >= 4 is 17.9 Å². The maximum atomic E-state index is 11.4. The van der Waals surface area contributed by atoms with Crippen molar-refractivity contribution < 1.29 is 19.2 Å². The summed E-state index contributed by atoms with van der Waals surface area (Å²) in [6.07, 6.45) is 5.84. The van der Waals surface area contributed by atoms with Gasteiger partial charge in [0, 0.05) is 18.5 Å². The SMILES string of the molecule is C=C/C=C\C=C(/C)NC(=O)ON1C(=O)CCC1=O.CC. The summed E-state index contributed by atoms with van der Waals surface area (Å²) < 4.78 is 0. The van der Waals surface area contributed by atoms with E-state index in [2.05, 4.69) is 16.7 Å². The molecule has 20 heavy (non-hydrogen) atoms. The molecule has 0 aromatic carbocycles. The van der Waals surface area contributed by atoms with Crippen LogP contribution in [0.3, 0.4) is 0 Å². The van der Waals surface area contributed by atoms with Crippen molar-refractivity contribution in [2.45, 2.75) is 33.6 Å². The second kappa shape index (κ2) is 9.55. The van der Waals surface area contributed by atoms with Gasteiger partial charge in [-0.25, -0.2) is 4.79 Å². The van der Waals surface area contributed by atoms with E-state index in [0.29, 0.717) is 10.8 Å². The fourth-order valence-corrected chi connectivity index (χ4v) is 1.24. The zero-order valence-electron chi connectivity index (χ0n) is 12.0. The molecule has 1 N–H and O–H groups in total. The first kappa shape index (κ1) is 17.6. The summed E-state index contributed by atoms with van der Waals surface area (Å²) >= 11 is 0. The van der Waals surface area contributed by atoms with Gasteiger partial charge in [0.2, 0.25) is 0 Å². The predicted octanol–water partition coefficient (Wildman–Crippen LogP) is 2.45. The van der Waals surface area contributed by atoms with Crippen LogP contribution in [0.5, 0.6) is 0 Å². The Balaban J connectivity index is 0.00000172. The summed E-state index contributed by atoms with van der Waals surface area (Å²) in [6.45, 7) is 9.14. The molecule has 1 aliphatic heterocycles. The molecular formula is C14H20N2O4. The van der Waals surface area contributed by atoms with E-state index >= 15 is 0 Å². The minimum absolute atomic E-state index is 0.0724. The van der Waals surface area contributed by atoms with E-state index < -0.39 is 17.9 Å². The van der Waals surface area contributed by atoms with Crippen LogP contribution in [0.4, 0.5) is 4.79 Å². The molecule has 3 amide bonds. The summed E-state index contributed by atoms with van der Waals surface area (Å²) in [6, 6.07) is 0. The van der Waals surface area contributed by atoms with E-state index in [1.807, 2.05) is 13.8 Å². The minimum Gasteiger partial charge on any atom is -0.311 e. The van der Waals surface area contributed by atoms with Crippen LogP contribution in [0.2, 0.25) is 0 Å². The number of hydrogen-bond acceptors (Lipinski definition) is 4. The third-order valence-electron chi connectivity index (χ3n) is 2.07. The molecule has 1 fully saturated rings. The molecule has 0 bridgehead atoms. The second-order valence-electron chi connectivity index (χ2n) is 3.56. The molecule has 0 aromatic rings. The number of allylic oxidation sites excluding steroid dienone is 5. The molecule has 0 aliphatic carbocycles. The molecule has 0 saturated carbocycles. The largest absolute Gasteiger partial charge is 0.436 e. The Hall–Kier alpha value is -2.37. The lowest BCUT2D eigenvalue weighted by Gasteiger charge is -2.13. The first-order valence-corrected chi connectivity index (χ1v) is 6.35. The fraction of sp³-hybridized carbons (Fsp3) is 0.357. The highest BCUT2D eigenvalue weighted by Crippen LogP contribution is 2.12. The number of carbonyl (C=O) groups excluding carboxylic acids is 3. The number of nitrogens with zero attached hydrogens (tertiary/aromatic N) is 1. The smallest absolute Gasteiger partial charge is 0.311 e. The summed E-state index contributed by atoms with van der Waals surface area (Å²) in [5, 5.41) is 2.86. The molecule has 6 heteroatoms. The third kappa shape index (κ3) is 5.99. The lowest BCUT2D eigenvalue weighted by atomic mass is 10.4. The molecule has 0 unspecified atom stereocenters. The van der Waals surface area contributed by atoms with Gasteiger partial charge in [0.1, 0.15) is 0 Å². The number of hydroxylamine groups is 2. The van der Waals surface area contributed by atoms with Crippen LogP contribution in [-0.2, 0) is 14.4 Å². The van der Waals surface area contributed by atoms with Crippen molar-refractivity contribution in [3.05, 3.63) is 36.6 Å². The lowest BCUT2D eigenvalue weighted by molar-refractivity contribution is -0.171. The number of imide groups is 1. The fourth-order valence-electron chi connectivity index (χ4n) is 1.24. The summed E-state index contributed by atoms with van der Waals surface area (Å²) in [5.74, 6) is -1.02. The summed E-state index contributed by atoms with van der Waals surface area (Å²) in [4.78, 5) is 38.3. The van der Waals surface area contributed by atoms with E-state index in [9.17, 15) is 14.4 Å². The van der Waals surface area contributed by atoms with Crippen molar-refractivity contribution in [2.24, 2.45) is 0 Å². The Kier molecular flexibility index (Phi) is 8.41. The zero-order valence-corrected chi connectivity index (χ0v) is 12.0. The first-order valence-electron chi connectivity index (χ1n) is 6.35. The zero-order chi connectivity index (χ0) is 15.5. The van der Waals surface area contributed by atoms with Crippen molar-refractivity contribution in [1.29, 1.82) is 0 Å². The lowest BCUT2D eigenvalue weighted by Crippen LogP contribution is -2.36. The van der Waals surface area contributed by atoms with Gasteiger partial charge in [-0.15, -0.1) is 5.06 Å². The molecule has 1 rings (SSSR count). The molecule has 0 spiro atoms. The molecular weight excluding hydrogens is 260 g/mol. The highest BCUT2D eigenvalue weighted by molar-refractivity contribution is 6.01. The van der Waals surface area contributed by atoms with Crippen LogP contribution in [0.15, 0.2) is 36.6 Å². The highest BCUT2D eigenvalue weighted by atomic mass is 16.7. The van der Waals surface area contributed by atoms with Crippen LogP contribution >= 0.6 is 0 Å². The summed E-state index contributed by atoms with van der Waals surface area (Å²) in [7, 11) is 0. The monoisotopic (exact) mass is 280 g/mol. The Labute approximate surface area is 118 Å². The van der Waals surface area contributed by atoms with Crippen molar-refractivity contribution in [1.82, 2.24) is 10.4 Å². The van der Waals surface area contributed by atoms with Crippen molar-refractivity contribution in [3.8, 4) is 0 Å². The van der Waals surface area contributed by atoms with Crippen LogP contribution in [0, 0.1) is 0 Å². The Morgan fingerprint density at radius 2 is 1.80 bits per heavy atom. The Bertz CT molecular complexity index is 422. The van der Waals surface area contributed by atoms with Crippen molar-refractivity contribution in [2.75, 3.05) is 0 Å². The number of hydrogen-bond donors (Lipinski definition) is 1. The average molecular weight is 280 g/mol. The van der Waals surface area contributed by atoms with Gasteiger partial charge in [-0.2, -0.15) is 0 Å². The predicted molar refractivity (Wildman–Crippen MR) is 75.1 cm³/mol. The molecule has 110 valence electrons. The highest BCUT2D eigenvalue weighted by Gasteiger charge is 2.32. The van der Waals surface area contributed by atoms with E-state index in [4.69, 9.17) is 0 Å². The molecule has 0 radical (unpaired) electrons. The number of carbonyl (C=O) groups is 3. The van der Waals surface area contributed by atoms with Gasteiger partial charge in [0.15, 0.2) is 0 Å². The van der Waals surface area contributed by atoms with Crippen LogP contribution in [0.25, 0.3) is 0 Å². The molecule has 0 atom stereocenters. The first-order chi connectivity index (χ1) is 9.54. The Morgan fingerprint density at radius 1 is 1.25 bits per heavy atom. The van der Waals surface area contributed by atoms with Gasteiger partial charge >= 0.3 is 6.09 Å². The van der Waals surface area contributed by atoms with Gasteiger partial charge in [0.05, 0.1) is 0 Å². The van der Waals surface area contributed by atoms with E-state index in [1.54, 1.807) is 31.2 Å². The van der Waals surface area contributed by atoms with Crippen LogP contribution in [-0.4, -0.2) is 23.0 Å². The van der Waals surface area contributed by atoms with E-state index in [-0.39, 0.29) is 12.8 Å². The van der Waals surface area contributed by atoms with Gasteiger partial charge < -0.3 is 4.84 Å². The molecule has 0 aromatic heterocycles. The molecule has 1 aliphatic rings. The van der Waals surface area contributed by atoms with E-state index in [0.717, 1.165) is 0 Å². The van der Waals surface area contributed by atoms with Gasteiger partial charge in [-0.3, -0.25) is 14.9 Å². The standard InChI is InChI=1S/C12H14N2O4.C2H6/c1-3-4-5-6-9(2)13-12(17)18-14-10(15)7-8-11(14)16;1-2/h3-6H,1,7-8H2,2H3,(H,13,17);1-2H3/b5-4-,9-6+;. The number of amides is 3. The summed E-state index contributed by atoms with van der Waals surface area (Å²) in [5.41, 5.74) is 0.511. The van der Waals surface area contributed by atoms with Crippen molar-refractivity contribution in [3.63, 3.8) is 0 Å². The topological polar surface area (TPSA) is 75.7 Å².